The van der Waals surface area contributed by atoms with Crippen molar-refractivity contribution >= 4 is 15.7 Å². The van der Waals surface area contributed by atoms with Crippen molar-refractivity contribution in [3.63, 3.8) is 0 Å². The maximum absolute atomic E-state index is 12.1. The van der Waals surface area contributed by atoms with Crippen LogP contribution < -0.4 is 10.0 Å². The molecule has 1 fully saturated rings. The Labute approximate surface area is 109 Å². The van der Waals surface area contributed by atoms with Crippen molar-refractivity contribution in [2.45, 2.75) is 38.0 Å². The van der Waals surface area contributed by atoms with Gasteiger partial charge in [-0.1, -0.05) is 12.1 Å². The molecule has 2 rings (SSSR count). The van der Waals surface area contributed by atoms with Crippen molar-refractivity contribution in [1.82, 2.24) is 5.32 Å². The predicted molar refractivity (Wildman–Crippen MR) is 74.2 cm³/mol. The Bertz CT molecular complexity index is 509. The lowest BCUT2D eigenvalue weighted by Crippen LogP contribution is -2.35. The minimum atomic E-state index is -3.31. The zero-order chi connectivity index (χ0) is 13.2. The number of benzene rings is 1. The topological polar surface area (TPSA) is 58.2 Å². The van der Waals surface area contributed by atoms with E-state index in [2.05, 4.69) is 10.0 Å². The third kappa shape index (κ3) is 3.71. The molecular weight excluding hydrogens is 248 g/mol. The molecule has 0 aromatic heterocycles. The SMILES string of the molecule is Cc1cccc(NS(=O)(=O)C(C)CNC2CC2)c1. The Morgan fingerprint density at radius 2 is 2.11 bits per heavy atom. The van der Waals surface area contributed by atoms with Crippen LogP contribution in [0.4, 0.5) is 5.69 Å². The summed E-state index contributed by atoms with van der Waals surface area (Å²) in [7, 11) is -3.31. The van der Waals surface area contributed by atoms with Crippen molar-refractivity contribution in [1.29, 1.82) is 0 Å². The fraction of sp³-hybridized carbons (Fsp3) is 0.538. The van der Waals surface area contributed by atoms with Gasteiger partial charge in [0.05, 0.1) is 5.25 Å². The van der Waals surface area contributed by atoms with E-state index in [1.165, 1.54) is 0 Å². The van der Waals surface area contributed by atoms with Gasteiger partial charge in [-0.3, -0.25) is 4.72 Å². The maximum Gasteiger partial charge on any atom is 0.236 e. The molecule has 0 amide bonds. The number of nitrogens with one attached hydrogen (secondary N) is 2. The molecule has 1 aromatic rings. The Morgan fingerprint density at radius 1 is 1.39 bits per heavy atom. The molecule has 5 heteroatoms. The largest absolute Gasteiger partial charge is 0.313 e. The van der Waals surface area contributed by atoms with Crippen LogP contribution in [0.5, 0.6) is 0 Å². The van der Waals surface area contributed by atoms with Crippen LogP contribution in [0.3, 0.4) is 0 Å². The standard InChI is InChI=1S/C13H20N2O2S/c1-10-4-3-5-13(8-10)15-18(16,17)11(2)9-14-12-6-7-12/h3-5,8,11-12,14-15H,6-7,9H2,1-2H3. The average Bonchev–Trinajstić information content (AvgIpc) is 3.08. The molecule has 1 unspecified atom stereocenters. The molecule has 0 saturated heterocycles. The molecular formula is C13H20N2O2S. The second kappa shape index (κ2) is 5.28. The zero-order valence-corrected chi connectivity index (χ0v) is 11.6. The normalized spacial score (nSPS) is 17.4. The summed E-state index contributed by atoms with van der Waals surface area (Å²) in [4.78, 5) is 0. The van der Waals surface area contributed by atoms with Gasteiger partial charge in [-0.25, -0.2) is 8.42 Å². The van der Waals surface area contributed by atoms with E-state index in [9.17, 15) is 8.42 Å². The summed E-state index contributed by atoms with van der Waals surface area (Å²) in [6.45, 7) is 4.18. The van der Waals surface area contributed by atoms with Gasteiger partial charge in [-0.05, 0) is 44.4 Å². The first-order valence-electron chi connectivity index (χ1n) is 6.29. The lowest BCUT2D eigenvalue weighted by atomic mass is 10.2. The molecule has 2 N–H and O–H groups in total. The molecule has 1 aliphatic rings. The van der Waals surface area contributed by atoms with Crippen LogP contribution >= 0.6 is 0 Å². The van der Waals surface area contributed by atoms with Gasteiger partial charge in [0, 0.05) is 18.3 Å². The summed E-state index contributed by atoms with van der Waals surface area (Å²) in [5.41, 5.74) is 1.67. The van der Waals surface area contributed by atoms with Crippen molar-refractivity contribution in [3.05, 3.63) is 29.8 Å². The Morgan fingerprint density at radius 3 is 2.72 bits per heavy atom. The maximum atomic E-state index is 12.1. The Balaban J connectivity index is 1.96. The van der Waals surface area contributed by atoms with Gasteiger partial charge in [0.15, 0.2) is 0 Å². The Kier molecular flexibility index (Phi) is 3.92. The second-order valence-electron chi connectivity index (χ2n) is 5.01. The lowest BCUT2D eigenvalue weighted by Gasteiger charge is -2.15. The predicted octanol–water partition coefficient (Wildman–Crippen LogP) is 1.88. The molecule has 1 saturated carbocycles. The number of hydrogen-bond donors (Lipinski definition) is 2. The van der Waals surface area contributed by atoms with E-state index >= 15 is 0 Å². The highest BCUT2D eigenvalue weighted by atomic mass is 32.2. The van der Waals surface area contributed by atoms with Gasteiger partial charge in [-0.15, -0.1) is 0 Å². The van der Waals surface area contributed by atoms with Gasteiger partial charge < -0.3 is 5.32 Å². The first-order valence-corrected chi connectivity index (χ1v) is 7.84. The fourth-order valence-electron chi connectivity index (χ4n) is 1.70. The second-order valence-corrected chi connectivity index (χ2v) is 7.11. The molecule has 0 radical (unpaired) electrons. The van der Waals surface area contributed by atoms with E-state index in [0.717, 1.165) is 18.4 Å². The summed E-state index contributed by atoms with van der Waals surface area (Å²) >= 11 is 0. The number of anilines is 1. The van der Waals surface area contributed by atoms with E-state index in [0.29, 0.717) is 18.3 Å². The smallest absolute Gasteiger partial charge is 0.236 e. The summed E-state index contributed by atoms with van der Waals surface area (Å²) in [5.74, 6) is 0. The van der Waals surface area contributed by atoms with E-state index < -0.39 is 15.3 Å². The number of hydrogen-bond acceptors (Lipinski definition) is 3. The molecule has 1 aromatic carbocycles. The summed E-state index contributed by atoms with van der Waals surface area (Å²) in [5, 5.41) is 2.81. The fourth-order valence-corrected chi connectivity index (χ4v) is 2.68. The van der Waals surface area contributed by atoms with Gasteiger partial charge in [0.2, 0.25) is 10.0 Å². The Hall–Kier alpha value is -1.07. The highest BCUT2D eigenvalue weighted by Crippen LogP contribution is 2.19. The quantitative estimate of drug-likeness (QED) is 0.828. The van der Waals surface area contributed by atoms with Crippen molar-refractivity contribution in [2.75, 3.05) is 11.3 Å². The van der Waals surface area contributed by atoms with Crippen LogP contribution in [0.2, 0.25) is 0 Å². The average molecular weight is 268 g/mol. The highest BCUT2D eigenvalue weighted by molar-refractivity contribution is 7.93. The summed E-state index contributed by atoms with van der Waals surface area (Å²) < 4.78 is 26.8. The molecule has 0 bridgehead atoms. The van der Waals surface area contributed by atoms with Crippen molar-refractivity contribution in [3.8, 4) is 0 Å². The lowest BCUT2D eigenvalue weighted by molar-refractivity contribution is 0.576. The van der Waals surface area contributed by atoms with E-state index in [1.54, 1.807) is 13.0 Å². The van der Waals surface area contributed by atoms with Gasteiger partial charge >= 0.3 is 0 Å². The first-order chi connectivity index (χ1) is 8.47. The summed E-state index contributed by atoms with van der Waals surface area (Å²) in [6.07, 6.45) is 2.33. The van der Waals surface area contributed by atoms with Crippen LogP contribution in [0, 0.1) is 6.92 Å². The van der Waals surface area contributed by atoms with Crippen LogP contribution in [0.25, 0.3) is 0 Å². The van der Waals surface area contributed by atoms with Crippen LogP contribution in [-0.4, -0.2) is 26.3 Å². The third-order valence-electron chi connectivity index (χ3n) is 3.08. The van der Waals surface area contributed by atoms with E-state index in [1.807, 2.05) is 25.1 Å². The third-order valence-corrected chi connectivity index (χ3v) is 4.83. The van der Waals surface area contributed by atoms with Gasteiger partial charge in [0.1, 0.15) is 0 Å². The molecule has 0 aliphatic heterocycles. The highest BCUT2D eigenvalue weighted by Gasteiger charge is 2.25. The molecule has 100 valence electrons. The molecule has 18 heavy (non-hydrogen) atoms. The minimum Gasteiger partial charge on any atom is -0.313 e. The van der Waals surface area contributed by atoms with Gasteiger partial charge in [0.25, 0.3) is 0 Å². The molecule has 0 spiro atoms. The molecule has 1 atom stereocenters. The van der Waals surface area contributed by atoms with Gasteiger partial charge in [-0.2, -0.15) is 0 Å². The first kappa shape index (κ1) is 13.4. The zero-order valence-electron chi connectivity index (χ0n) is 10.8. The van der Waals surface area contributed by atoms with Crippen LogP contribution in [0.15, 0.2) is 24.3 Å². The molecule has 1 aliphatic carbocycles. The monoisotopic (exact) mass is 268 g/mol. The number of aryl methyl sites for hydroxylation is 1. The van der Waals surface area contributed by atoms with E-state index in [-0.39, 0.29) is 0 Å². The van der Waals surface area contributed by atoms with Crippen molar-refractivity contribution < 1.29 is 8.42 Å². The minimum absolute atomic E-state index is 0.432. The summed E-state index contributed by atoms with van der Waals surface area (Å²) in [6, 6.07) is 7.92. The van der Waals surface area contributed by atoms with Crippen molar-refractivity contribution in [2.24, 2.45) is 0 Å². The van der Waals surface area contributed by atoms with Crippen LogP contribution in [-0.2, 0) is 10.0 Å². The van der Waals surface area contributed by atoms with Crippen LogP contribution in [0.1, 0.15) is 25.3 Å². The number of sulfonamides is 1. The number of rotatable bonds is 6. The molecule has 0 heterocycles. The van der Waals surface area contributed by atoms with E-state index in [4.69, 9.17) is 0 Å². The molecule has 4 nitrogen and oxygen atoms in total.